The number of nitrogens with one attached hydrogen (secondary N) is 1. The molecule has 1 saturated heterocycles. The van der Waals surface area contributed by atoms with Crippen LogP contribution in [-0.2, 0) is 16.0 Å². The van der Waals surface area contributed by atoms with Gasteiger partial charge in [-0.3, -0.25) is 14.5 Å². The highest BCUT2D eigenvalue weighted by molar-refractivity contribution is 7.80. The first-order valence-corrected chi connectivity index (χ1v) is 13.2. The molecule has 0 unspecified atom stereocenters. The topological polar surface area (TPSA) is 71.1 Å². The van der Waals surface area contributed by atoms with Gasteiger partial charge in [-0.05, 0) is 91.8 Å². The van der Waals surface area contributed by atoms with Crippen LogP contribution in [0.25, 0.3) is 0 Å². The number of carbonyl (C=O) groups is 2. The molecular weight excluding hydrogens is 545 g/mol. The second-order valence-corrected chi connectivity index (χ2v) is 9.77. The molecule has 0 radical (unpaired) electrons. The monoisotopic (exact) mass is 571 g/mol. The van der Waals surface area contributed by atoms with Crippen LogP contribution in [-0.4, -0.2) is 48.1 Å². The summed E-state index contributed by atoms with van der Waals surface area (Å²) in [5.41, 5.74) is 2.08. The molecule has 1 fully saturated rings. The fourth-order valence-corrected chi connectivity index (χ4v) is 5.13. The Balaban J connectivity index is 1.55. The highest BCUT2D eigenvalue weighted by Gasteiger charge is 2.44. The number of benzene rings is 3. The van der Waals surface area contributed by atoms with Gasteiger partial charge in [0.25, 0.3) is 5.91 Å². The van der Waals surface area contributed by atoms with Crippen molar-refractivity contribution in [2.75, 3.05) is 30.5 Å². The highest BCUT2D eigenvalue weighted by atomic mass is 35.5. The van der Waals surface area contributed by atoms with Crippen molar-refractivity contribution < 1.29 is 19.1 Å². The standard InChI is InChI=1S/C28H27Cl2N3O4S/c1-3-37-23-12-8-21(9-13-23)33-27(35)25(17-26(34)31-20-6-10-22(36-2)11-7-20)32(28(33)38)15-14-18-4-5-19(29)16-24(18)30/h4-13,16,25H,3,14-15,17H2,1-2H3,(H,31,34)/t25-/m1/s1. The molecule has 1 N–H and O–H groups in total. The zero-order valence-corrected chi connectivity index (χ0v) is 23.3. The molecular formula is C28H27Cl2N3O4S. The van der Waals surface area contributed by atoms with Gasteiger partial charge in [0, 0.05) is 22.3 Å². The number of halogens is 2. The zero-order valence-electron chi connectivity index (χ0n) is 20.9. The summed E-state index contributed by atoms with van der Waals surface area (Å²) in [5, 5.41) is 4.25. The Bertz CT molecular complexity index is 1320. The Morgan fingerprint density at radius 3 is 2.34 bits per heavy atom. The molecule has 4 rings (SSSR count). The summed E-state index contributed by atoms with van der Waals surface area (Å²) >= 11 is 18.2. The second kappa shape index (κ2) is 12.5. The Labute approximate surface area is 237 Å². The van der Waals surface area contributed by atoms with E-state index in [9.17, 15) is 9.59 Å². The third-order valence-electron chi connectivity index (χ3n) is 6.11. The van der Waals surface area contributed by atoms with E-state index in [1.54, 1.807) is 72.7 Å². The summed E-state index contributed by atoms with van der Waals surface area (Å²) in [6, 6.07) is 18.6. The largest absolute Gasteiger partial charge is 0.497 e. The molecule has 38 heavy (non-hydrogen) atoms. The Kier molecular flexibility index (Phi) is 9.09. The number of hydrogen-bond donors (Lipinski definition) is 1. The number of methoxy groups -OCH3 is 1. The van der Waals surface area contributed by atoms with Crippen LogP contribution in [0.5, 0.6) is 11.5 Å². The number of anilines is 2. The van der Waals surface area contributed by atoms with E-state index in [0.717, 1.165) is 5.56 Å². The van der Waals surface area contributed by atoms with Crippen molar-refractivity contribution in [1.29, 1.82) is 0 Å². The summed E-state index contributed by atoms with van der Waals surface area (Å²) in [6.07, 6.45) is 0.435. The number of rotatable bonds is 10. The molecule has 3 aromatic rings. The molecule has 0 aromatic heterocycles. The molecule has 1 atom stereocenters. The lowest BCUT2D eigenvalue weighted by molar-refractivity contribution is -0.124. The third kappa shape index (κ3) is 6.38. The van der Waals surface area contributed by atoms with E-state index in [1.807, 2.05) is 13.0 Å². The molecule has 2 amide bonds. The van der Waals surface area contributed by atoms with Gasteiger partial charge in [-0.25, -0.2) is 0 Å². The van der Waals surface area contributed by atoms with Gasteiger partial charge in [0.15, 0.2) is 5.11 Å². The molecule has 0 bridgehead atoms. The van der Waals surface area contributed by atoms with Crippen molar-refractivity contribution in [3.05, 3.63) is 82.3 Å². The first-order chi connectivity index (χ1) is 18.3. The van der Waals surface area contributed by atoms with E-state index in [4.69, 9.17) is 44.9 Å². The Morgan fingerprint density at radius 1 is 1.03 bits per heavy atom. The lowest BCUT2D eigenvalue weighted by atomic mass is 10.1. The first kappa shape index (κ1) is 27.7. The van der Waals surface area contributed by atoms with Crippen LogP contribution in [0.3, 0.4) is 0 Å². The van der Waals surface area contributed by atoms with E-state index >= 15 is 0 Å². The van der Waals surface area contributed by atoms with Crippen LogP contribution < -0.4 is 19.7 Å². The van der Waals surface area contributed by atoms with Crippen molar-refractivity contribution in [1.82, 2.24) is 4.90 Å². The van der Waals surface area contributed by atoms with Crippen molar-refractivity contribution in [2.45, 2.75) is 25.8 Å². The number of ether oxygens (including phenoxy) is 2. The van der Waals surface area contributed by atoms with Crippen molar-refractivity contribution >= 4 is 63.7 Å². The number of nitrogens with zero attached hydrogens (tertiary/aromatic N) is 2. The van der Waals surface area contributed by atoms with Crippen LogP contribution in [0.4, 0.5) is 11.4 Å². The van der Waals surface area contributed by atoms with E-state index in [1.165, 1.54) is 4.90 Å². The fourth-order valence-electron chi connectivity index (χ4n) is 4.21. The number of hydrogen-bond acceptors (Lipinski definition) is 5. The van der Waals surface area contributed by atoms with Gasteiger partial charge >= 0.3 is 0 Å². The van der Waals surface area contributed by atoms with Gasteiger partial charge in [-0.15, -0.1) is 0 Å². The van der Waals surface area contributed by atoms with E-state index < -0.39 is 6.04 Å². The Hall–Kier alpha value is -3.33. The van der Waals surface area contributed by atoms with Crippen molar-refractivity contribution in [2.24, 2.45) is 0 Å². The first-order valence-electron chi connectivity index (χ1n) is 12.1. The van der Waals surface area contributed by atoms with Crippen LogP contribution >= 0.6 is 35.4 Å². The Morgan fingerprint density at radius 2 is 1.71 bits per heavy atom. The minimum Gasteiger partial charge on any atom is -0.497 e. The smallest absolute Gasteiger partial charge is 0.256 e. The van der Waals surface area contributed by atoms with Gasteiger partial charge in [0.1, 0.15) is 17.5 Å². The third-order valence-corrected chi connectivity index (χ3v) is 7.12. The average Bonchev–Trinajstić information content (AvgIpc) is 3.13. The number of thiocarbonyl (C=S) groups is 1. The lowest BCUT2D eigenvalue weighted by Gasteiger charge is -2.24. The summed E-state index contributed by atoms with van der Waals surface area (Å²) in [6.45, 7) is 2.83. The second-order valence-electron chi connectivity index (χ2n) is 8.56. The minimum absolute atomic E-state index is 0.0765. The number of carbonyl (C=O) groups excluding carboxylic acids is 2. The highest BCUT2D eigenvalue weighted by Crippen LogP contribution is 2.30. The summed E-state index contributed by atoms with van der Waals surface area (Å²) in [7, 11) is 1.57. The average molecular weight is 573 g/mol. The molecule has 0 spiro atoms. The van der Waals surface area contributed by atoms with Gasteiger partial charge < -0.3 is 19.7 Å². The predicted molar refractivity (Wildman–Crippen MR) is 155 cm³/mol. The molecule has 0 saturated carbocycles. The molecule has 1 heterocycles. The van der Waals surface area contributed by atoms with E-state index in [0.29, 0.717) is 57.6 Å². The van der Waals surface area contributed by atoms with Crippen LogP contribution in [0, 0.1) is 0 Å². The summed E-state index contributed by atoms with van der Waals surface area (Å²) < 4.78 is 10.7. The minimum atomic E-state index is -0.779. The summed E-state index contributed by atoms with van der Waals surface area (Å²) in [5.74, 6) is 0.793. The van der Waals surface area contributed by atoms with Crippen molar-refractivity contribution in [3.8, 4) is 11.5 Å². The summed E-state index contributed by atoms with van der Waals surface area (Å²) in [4.78, 5) is 29.9. The molecule has 3 aromatic carbocycles. The van der Waals surface area contributed by atoms with Gasteiger partial charge in [-0.1, -0.05) is 29.3 Å². The molecule has 0 aliphatic carbocycles. The van der Waals surface area contributed by atoms with Gasteiger partial charge in [-0.2, -0.15) is 0 Å². The van der Waals surface area contributed by atoms with Crippen LogP contribution in [0.1, 0.15) is 18.9 Å². The predicted octanol–water partition coefficient (Wildman–Crippen LogP) is 5.97. The van der Waals surface area contributed by atoms with Crippen molar-refractivity contribution in [3.63, 3.8) is 0 Å². The normalized spacial score (nSPS) is 15.1. The lowest BCUT2D eigenvalue weighted by Crippen LogP contribution is -2.39. The quantitative estimate of drug-likeness (QED) is 0.302. The maximum Gasteiger partial charge on any atom is 0.256 e. The maximum absolute atomic E-state index is 13.7. The molecule has 1 aliphatic rings. The SMILES string of the molecule is CCOc1ccc(N2C(=O)[C@@H](CC(=O)Nc3ccc(OC)cc3)N(CCc3ccc(Cl)cc3Cl)C2=S)cc1. The molecule has 198 valence electrons. The van der Waals surface area contributed by atoms with Gasteiger partial charge in [0.2, 0.25) is 5.91 Å². The van der Waals surface area contributed by atoms with E-state index in [2.05, 4.69) is 5.32 Å². The van der Waals surface area contributed by atoms with Crippen LogP contribution in [0.2, 0.25) is 10.0 Å². The zero-order chi connectivity index (χ0) is 27.2. The molecule has 7 nitrogen and oxygen atoms in total. The number of amides is 2. The maximum atomic E-state index is 13.7. The molecule has 10 heteroatoms. The molecule has 1 aliphatic heterocycles. The van der Waals surface area contributed by atoms with E-state index in [-0.39, 0.29) is 18.2 Å². The fraction of sp³-hybridized carbons (Fsp3) is 0.250. The van der Waals surface area contributed by atoms with Gasteiger partial charge in [0.05, 0.1) is 25.8 Å². The van der Waals surface area contributed by atoms with Crippen LogP contribution in [0.15, 0.2) is 66.7 Å².